The lowest BCUT2D eigenvalue weighted by atomic mass is 9.90. The predicted molar refractivity (Wildman–Crippen MR) is 91.9 cm³/mol. The minimum Gasteiger partial charge on any atom is -0.481 e. The van der Waals surface area contributed by atoms with Gasteiger partial charge in [0.05, 0.1) is 16.0 Å². The lowest BCUT2D eigenvalue weighted by Gasteiger charge is -2.18. The number of rotatable bonds is 8. The van der Waals surface area contributed by atoms with Crippen LogP contribution in [0.1, 0.15) is 26.0 Å². The van der Waals surface area contributed by atoms with E-state index in [0.717, 1.165) is 10.7 Å². The van der Waals surface area contributed by atoms with Crippen molar-refractivity contribution in [2.24, 2.45) is 5.41 Å². The van der Waals surface area contributed by atoms with Crippen molar-refractivity contribution in [3.63, 3.8) is 0 Å². The minimum absolute atomic E-state index is 0.0401. The van der Waals surface area contributed by atoms with Crippen molar-refractivity contribution >= 4 is 23.0 Å². The van der Waals surface area contributed by atoms with Gasteiger partial charge in [0.1, 0.15) is 5.01 Å². The number of carboxylic acid groups (broad SMARTS) is 1. The molecule has 0 aliphatic heterocycles. The lowest BCUT2D eigenvalue weighted by Crippen LogP contribution is -2.28. The van der Waals surface area contributed by atoms with E-state index in [9.17, 15) is 14.9 Å². The second kappa shape index (κ2) is 7.50. The molecule has 8 heteroatoms. The standard InChI is InChI=1S/C16H19N3O4S/c1-16(2,15(20)21)6-7-17-9-12-10-24-14(18-12)11-4-3-5-13(8-11)19(22)23/h3-5,8,10,17H,6-7,9H2,1-2H3,(H,20,21). The SMILES string of the molecule is CC(C)(CCNCc1csc(-c2cccc([N+](=O)[O-])c2)n1)C(=O)O. The summed E-state index contributed by atoms with van der Waals surface area (Å²) in [6.45, 7) is 4.49. The Morgan fingerprint density at radius 3 is 2.88 bits per heavy atom. The van der Waals surface area contributed by atoms with E-state index in [4.69, 9.17) is 5.11 Å². The molecule has 0 atom stereocenters. The van der Waals surface area contributed by atoms with E-state index < -0.39 is 16.3 Å². The van der Waals surface area contributed by atoms with Crippen LogP contribution in [0.25, 0.3) is 10.6 Å². The summed E-state index contributed by atoms with van der Waals surface area (Å²) in [5.74, 6) is -0.814. The fourth-order valence-corrected chi connectivity index (χ4v) is 2.81. The zero-order valence-electron chi connectivity index (χ0n) is 13.5. The highest BCUT2D eigenvalue weighted by Crippen LogP contribution is 2.27. The maximum absolute atomic E-state index is 11.0. The molecule has 0 amide bonds. The molecule has 0 saturated heterocycles. The number of aliphatic carboxylic acids is 1. The van der Waals surface area contributed by atoms with E-state index in [1.54, 1.807) is 26.0 Å². The number of nitrogens with zero attached hydrogens (tertiary/aromatic N) is 2. The Morgan fingerprint density at radius 2 is 2.21 bits per heavy atom. The molecule has 1 aromatic carbocycles. The first-order chi connectivity index (χ1) is 11.3. The average molecular weight is 349 g/mol. The molecular formula is C16H19N3O4S. The monoisotopic (exact) mass is 349 g/mol. The molecule has 2 rings (SSSR count). The molecular weight excluding hydrogens is 330 g/mol. The zero-order valence-corrected chi connectivity index (χ0v) is 14.3. The Bertz CT molecular complexity index is 742. The highest BCUT2D eigenvalue weighted by Gasteiger charge is 2.26. The molecule has 2 aromatic rings. The fraction of sp³-hybridized carbons (Fsp3) is 0.375. The van der Waals surface area contributed by atoms with Crippen LogP contribution in [0.2, 0.25) is 0 Å². The van der Waals surface area contributed by atoms with Crippen LogP contribution in [0.4, 0.5) is 5.69 Å². The number of hydrogen-bond donors (Lipinski definition) is 2. The maximum Gasteiger partial charge on any atom is 0.309 e. The lowest BCUT2D eigenvalue weighted by molar-refractivity contribution is -0.384. The summed E-state index contributed by atoms with van der Waals surface area (Å²) in [5.41, 5.74) is 0.823. The van der Waals surface area contributed by atoms with E-state index in [1.165, 1.54) is 23.5 Å². The van der Waals surface area contributed by atoms with Crippen LogP contribution in [0.3, 0.4) is 0 Å². The predicted octanol–water partition coefficient (Wildman–Crippen LogP) is 3.31. The van der Waals surface area contributed by atoms with Crippen molar-refractivity contribution < 1.29 is 14.8 Å². The van der Waals surface area contributed by atoms with E-state index in [2.05, 4.69) is 10.3 Å². The first kappa shape index (κ1) is 18.0. The van der Waals surface area contributed by atoms with Crippen LogP contribution in [-0.2, 0) is 11.3 Å². The molecule has 24 heavy (non-hydrogen) atoms. The summed E-state index contributed by atoms with van der Waals surface area (Å²) < 4.78 is 0. The normalized spacial score (nSPS) is 11.4. The first-order valence-corrected chi connectivity index (χ1v) is 8.31. The van der Waals surface area contributed by atoms with Gasteiger partial charge in [-0.1, -0.05) is 12.1 Å². The van der Waals surface area contributed by atoms with Gasteiger partial charge in [-0.15, -0.1) is 11.3 Å². The third kappa shape index (κ3) is 4.59. The van der Waals surface area contributed by atoms with Gasteiger partial charge in [-0.05, 0) is 26.8 Å². The third-order valence-electron chi connectivity index (χ3n) is 3.67. The largest absolute Gasteiger partial charge is 0.481 e. The van der Waals surface area contributed by atoms with Crippen LogP contribution in [0.15, 0.2) is 29.6 Å². The molecule has 1 aromatic heterocycles. The van der Waals surface area contributed by atoms with Gasteiger partial charge in [0.25, 0.3) is 5.69 Å². The number of benzene rings is 1. The Hall–Kier alpha value is -2.32. The number of nitrogens with one attached hydrogen (secondary N) is 1. The molecule has 128 valence electrons. The Kier molecular flexibility index (Phi) is 5.63. The quantitative estimate of drug-likeness (QED) is 0.430. The first-order valence-electron chi connectivity index (χ1n) is 7.43. The molecule has 0 fully saturated rings. The number of nitro benzene ring substituents is 1. The number of non-ortho nitro benzene ring substituents is 1. The number of carboxylic acids is 1. The summed E-state index contributed by atoms with van der Waals surface area (Å²) in [6.07, 6.45) is 0.518. The molecule has 0 aliphatic carbocycles. The summed E-state index contributed by atoms with van der Waals surface area (Å²) in [4.78, 5) is 25.9. The molecule has 0 unspecified atom stereocenters. The maximum atomic E-state index is 11.0. The van der Waals surface area contributed by atoms with Crippen molar-refractivity contribution in [3.05, 3.63) is 45.5 Å². The highest BCUT2D eigenvalue weighted by atomic mass is 32.1. The topological polar surface area (TPSA) is 105 Å². The Morgan fingerprint density at radius 1 is 1.46 bits per heavy atom. The zero-order chi connectivity index (χ0) is 17.7. The van der Waals surface area contributed by atoms with E-state index >= 15 is 0 Å². The van der Waals surface area contributed by atoms with Gasteiger partial charge in [0.15, 0.2) is 0 Å². The van der Waals surface area contributed by atoms with Crippen molar-refractivity contribution in [3.8, 4) is 10.6 Å². The molecule has 2 N–H and O–H groups in total. The van der Waals surface area contributed by atoms with Crippen LogP contribution < -0.4 is 5.32 Å². The van der Waals surface area contributed by atoms with Gasteiger partial charge in [-0.2, -0.15) is 0 Å². The van der Waals surface area contributed by atoms with Crippen molar-refractivity contribution in [2.45, 2.75) is 26.8 Å². The molecule has 0 spiro atoms. The average Bonchev–Trinajstić information content (AvgIpc) is 3.00. The van der Waals surface area contributed by atoms with Gasteiger partial charge in [0, 0.05) is 29.6 Å². The smallest absolute Gasteiger partial charge is 0.309 e. The number of carbonyl (C=O) groups is 1. The van der Waals surface area contributed by atoms with Gasteiger partial charge in [-0.25, -0.2) is 4.98 Å². The number of nitro groups is 1. The molecule has 0 radical (unpaired) electrons. The van der Waals surface area contributed by atoms with Crippen molar-refractivity contribution in [1.29, 1.82) is 0 Å². The van der Waals surface area contributed by atoms with Crippen LogP contribution >= 0.6 is 11.3 Å². The second-order valence-electron chi connectivity index (χ2n) is 6.07. The summed E-state index contributed by atoms with van der Waals surface area (Å²) in [5, 5.41) is 25.7. The summed E-state index contributed by atoms with van der Waals surface area (Å²) >= 11 is 1.42. The van der Waals surface area contributed by atoms with Crippen molar-refractivity contribution in [1.82, 2.24) is 10.3 Å². The molecule has 0 aliphatic rings. The van der Waals surface area contributed by atoms with Crippen molar-refractivity contribution in [2.75, 3.05) is 6.54 Å². The second-order valence-corrected chi connectivity index (χ2v) is 6.93. The van der Waals surface area contributed by atoms with E-state index in [-0.39, 0.29) is 5.69 Å². The minimum atomic E-state index is -0.814. The van der Waals surface area contributed by atoms with Gasteiger partial charge in [0.2, 0.25) is 0 Å². The third-order valence-corrected chi connectivity index (χ3v) is 4.61. The van der Waals surface area contributed by atoms with Gasteiger partial charge < -0.3 is 10.4 Å². The van der Waals surface area contributed by atoms with E-state index in [0.29, 0.717) is 25.1 Å². The molecule has 1 heterocycles. The van der Waals surface area contributed by atoms with E-state index in [1.807, 2.05) is 5.38 Å². The van der Waals surface area contributed by atoms with Crippen LogP contribution in [0.5, 0.6) is 0 Å². The molecule has 0 saturated carbocycles. The number of aromatic nitrogens is 1. The van der Waals surface area contributed by atoms with Gasteiger partial charge >= 0.3 is 5.97 Å². The van der Waals surface area contributed by atoms with Gasteiger partial charge in [-0.3, -0.25) is 14.9 Å². The highest BCUT2D eigenvalue weighted by molar-refractivity contribution is 7.13. The fourth-order valence-electron chi connectivity index (χ4n) is 2.00. The Labute approximate surface area is 143 Å². The Balaban J connectivity index is 1.93. The van der Waals surface area contributed by atoms with Crippen LogP contribution in [-0.4, -0.2) is 27.5 Å². The van der Waals surface area contributed by atoms with Crippen LogP contribution in [0, 0.1) is 15.5 Å². The molecule has 0 bridgehead atoms. The number of hydrogen-bond acceptors (Lipinski definition) is 6. The number of thiazole rings is 1. The summed E-state index contributed by atoms with van der Waals surface area (Å²) in [6, 6.07) is 6.38. The summed E-state index contributed by atoms with van der Waals surface area (Å²) in [7, 11) is 0. The molecule has 7 nitrogen and oxygen atoms in total.